The molecule has 0 aromatic heterocycles. The third-order valence-corrected chi connectivity index (χ3v) is 10.0. The first-order valence-corrected chi connectivity index (χ1v) is 22.0. The molecule has 2 heterocycles. The van der Waals surface area contributed by atoms with Crippen LogP contribution in [0, 0.1) is 0 Å². The molecule has 2 aliphatic rings. The highest BCUT2D eigenvalue weighted by atomic mass is 16.7. The van der Waals surface area contributed by atoms with Gasteiger partial charge in [-0.15, -0.1) is 0 Å². The van der Waals surface area contributed by atoms with Crippen LogP contribution in [-0.2, 0) is 33.2 Å². The van der Waals surface area contributed by atoms with Crippen molar-refractivity contribution in [3.63, 3.8) is 0 Å². The van der Waals surface area contributed by atoms with Crippen molar-refractivity contribution in [3.8, 4) is 0 Å². The second-order valence-electron chi connectivity index (χ2n) is 15.1. The zero-order valence-electron chi connectivity index (χ0n) is 35.9. The third-order valence-electron chi connectivity index (χ3n) is 10.0. The van der Waals surface area contributed by atoms with E-state index in [-0.39, 0.29) is 19.6 Å². The van der Waals surface area contributed by atoms with Crippen LogP contribution in [0.2, 0.25) is 0 Å². The maximum absolute atomic E-state index is 12.1. The van der Waals surface area contributed by atoms with Crippen molar-refractivity contribution in [1.29, 1.82) is 0 Å². The molecule has 0 aliphatic carbocycles. The van der Waals surface area contributed by atoms with Crippen LogP contribution in [0.4, 0.5) is 0 Å². The number of esters is 1. The predicted molar refractivity (Wildman–Crippen MR) is 228 cm³/mol. The Morgan fingerprint density at radius 3 is 1.55 bits per heavy atom. The molecule has 0 radical (unpaired) electrons. The number of hydrogen-bond acceptors (Lipinski definition) is 14. The Kier molecular flexibility index (Phi) is 30.3. The van der Waals surface area contributed by atoms with Crippen LogP contribution in [0.1, 0.15) is 110 Å². The van der Waals surface area contributed by atoms with Gasteiger partial charge in [0, 0.05) is 13.0 Å². The molecule has 14 heteroatoms. The number of aliphatic hydroxyl groups is 7. The summed E-state index contributed by atoms with van der Waals surface area (Å²) < 4.78 is 33.3. The van der Waals surface area contributed by atoms with Crippen molar-refractivity contribution in [2.24, 2.45) is 0 Å². The minimum absolute atomic E-state index is 0.0397. The summed E-state index contributed by atoms with van der Waals surface area (Å²) in [5.74, 6) is -0.473. The van der Waals surface area contributed by atoms with E-state index in [9.17, 15) is 40.5 Å². The highest BCUT2D eigenvalue weighted by Crippen LogP contribution is 2.26. The van der Waals surface area contributed by atoms with Crippen molar-refractivity contribution < 1.29 is 69.0 Å². The lowest BCUT2D eigenvalue weighted by molar-refractivity contribution is -0.332. The standard InChI is InChI=1S/C46H76O14/c1-3-5-6-7-8-9-10-11-12-13-14-15-16-17-18-19-20-21-22-23-24-25-26-27-28-29-30-55-32-35(58-38(48)4-2)33-56-45-44(54)42(52)40(50)37(60-45)34-57-46-43(53)41(51)39(49)36(31-47)59-46/h5-6,8-9,11-12,14-15,17-18,20-21,35-37,39-47,49-54H,3-4,7,10,13,16,19,22-34H2,1-2H3/b6-5-,9-8-,12-11-,15-14-,18-17-,21-20-. The normalized spacial score (nSPS) is 28.4. The lowest BCUT2D eigenvalue weighted by Crippen LogP contribution is -2.61. The second kappa shape index (κ2) is 34.0. The Labute approximate surface area is 357 Å². The molecule has 2 saturated heterocycles. The van der Waals surface area contributed by atoms with Gasteiger partial charge in [-0.05, 0) is 57.8 Å². The van der Waals surface area contributed by atoms with Gasteiger partial charge < -0.3 is 64.2 Å². The lowest BCUT2D eigenvalue weighted by Gasteiger charge is -2.42. The van der Waals surface area contributed by atoms with Crippen LogP contribution in [0.15, 0.2) is 72.9 Å². The molecule has 11 unspecified atom stereocenters. The van der Waals surface area contributed by atoms with Crippen LogP contribution in [0.25, 0.3) is 0 Å². The number of unbranched alkanes of at least 4 members (excludes halogenated alkanes) is 7. The van der Waals surface area contributed by atoms with E-state index in [2.05, 4.69) is 79.8 Å². The average molecular weight is 853 g/mol. The summed E-state index contributed by atoms with van der Waals surface area (Å²) in [7, 11) is 0. The number of ether oxygens (including phenoxy) is 6. The Balaban J connectivity index is 1.56. The quantitative estimate of drug-likeness (QED) is 0.0276. The smallest absolute Gasteiger partial charge is 0.305 e. The number of carbonyl (C=O) groups excluding carboxylic acids is 1. The molecule has 0 aromatic carbocycles. The molecule has 7 N–H and O–H groups in total. The molecule has 0 spiro atoms. The highest BCUT2D eigenvalue weighted by molar-refractivity contribution is 5.69. The molecular formula is C46H76O14. The molecule has 0 aromatic rings. The van der Waals surface area contributed by atoms with Crippen LogP contribution in [-0.4, -0.2) is 142 Å². The molecule has 344 valence electrons. The molecule has 2 fully saturated rings. The van der Waals surface area contributed by atoms with Crippen LogP contribution in [0.5, 0.6) is 0 Å². The van der Waals surface area contributed by atoms with E-state index in [0.717, 1.165) is 70.6 Å². The van der Waals surface area contributed by atoms with E-state index in [1.165, 1.54) is 19.3 Å². The predicted octanol–water partition coefficient (Wildman–Crippen LogP) is 4.78. The minimum Gasteiger partial charge on any atom is -0.457 e. The van der Waals surface area contributed by atoms with Gasteiger partial charge in [-0.25, -0.2) is 0 Å². The molecular weight excluding hydrogens is 776 g/mol. The van der Waals surface area contributed by atoms with E-state index >= 15 is 0 Å². The van der Waals surface area contributed by atoms with Crippen molar-refractivity contribution >= 4 is 5.97 Å². The molecule has 0 amide bonds. The lowest BCUT2D eigenvalue weighted by atomic mass is 9.98. The average Bonchev–Trinajstić information content (AvgIpc) is 3.25. The van der Waals surface area contributed by atoms with Gasteiger partial charge in [0.1, 0.15) is 54.9 Å². The summed E-state index contributed by atoms with van der Waals surface area (Å²) in [6, 6.07) is 0. The van der Waals surface area contributed by atoms with E-state index < -0.39 is 86.7 Å². The second-order valence-corrected chi connectivity index (χ2v) is 15.1. The van der Waals surface area contributed by atoms with E-state index in [1.807, 2.05) is 0 Å². The summed E-state index contributed by atoms with van der Waals surface area (Å²) >= 11 is 0. The minimum atomic E-state index is -1.71. The fourth-order valence-electron chi connectivity index (χ4n) is 6.38. The highest BCUT2D eigenvalue weighted by Gasteiger charge is 2.47. The van der Waals surface area contributed by atoms with Gasteiger partial charge in [0.2, 0.25) is 0 Å². The van der Waals surface area contributed by atoms with Crippen LogP contribution in [0.3, 0.4) is 0 Å². The number of aliphatic hydroxyl groups excluding tert-OH is 7. The van der Waals surface area contributed by atoms with Crippen molar-refractivity contribution in [1.82, 2.24) is 0 Å². The summed E-state index contributed by atoms with van der Waals surface area (Å²) in [6.45, 7) is 2.91. The number of allylic oxidation sites excluding steroid dienone is 12. The molecule has 14 nitrogen and oxygen atoms in total. The Morgan fingerprint density at radius 1 is 0.550 bits per heavy atom. The molecule has 0 bridgehead atoms. The summed E-state index contributed by atoms with van der Waals surface area (Å²) in [5.41, 5.74) is 0. The first kappa shape index (κ1) is 53.6. The van der Waals surface area contributed by atoms with Crippen molar-refractivity contribution in [2.75, 3.05) is 33.0 Å². The Bertz CT molecular complexity index is 1270. The van der Waals surface area contributed by atoms with Crippen LogP contribution < -0.4 is 0 Å². The van der Waals surface area contributed by atoms with Gasteiger partial charge in [-0.1, -0.05) is 119 Å². The van der Waals surface area contributed by atoms with Gasteiger partial charge in [0.15, 0.2) is 12.6 Å². The maximum atomic E-state index is 12.1. The zero-order chi connectivity index (χ0) is 43.8. The van der Waals surface area contributed by atoms with Crippen molar-refractivity contribution in [3.05, 3.63) is 72.9 Å². The molecule has 2 aliphatic heterocycles. The van der Waals surface area contributed by atoms with Gasteiger partial charge >= 0.3 is 5.97 Å². The summed E-state index contributed by atoms with van der Waals surface area (Å²) in [5, 5.41) is 71.1. The Hall–Kier alpha value is -2.57. The monoisotopic (exact) mass is 853 g/mol. The zero-order valence-corrected chi connectivity index (χ0v) is 35.9. The maximum Gasteiger partial charge on any atom is 0.305 e. The largest absolute Gasteiger partial charge is 0.457 e. The fraction of sp³-hybridized carbons (Fsp3) is 0.717. The molecule has 2 rings (SSSR count). The topological polar surface area (TPSA) is 214 Å². The van der Waals surface area contributed by atoms with Crippen LogP contribution >= 0.6 is 0 Å². The third kappa shape index (κ3) is 22.5. The number of carbonyl (C=O) groups is 1. The number of hydrogen-bond donors (Lipinski definition) is 7. The van der Waals surface area contributed by atoms with Gasteiger partial charge in [-0.3, -0.25) is 4.79 Å². The first-order valence-electron chi connectivity index (χ1n) is 22.0. The molecule has 11 atom stereocenters. The van der Waals surface area contributed by atoms with Gasteiger partial charge in [-0.2, -0.15) is 0 Å². The number of rotatable bonds is 32. The Morgan fingerprint density at radius 2 is 1.02 bits per heavy atom. The van der Waals surface area contributed by atoms with E-state index in [4.69, 9.17) is 28.4 Å². The summed E-state index contributed by atoms with van der Waals surface area (Å²) in [6.07, 6.45) is 25.3. The van der Waals surface area contributed by atoms with E-state index in [1.54, 1.807) is 6.92 Å². The fourth-order valence-corrected chi connectivity index (χ4v) is 6.38. The van der Waals surface area contributed by atoms with Gasteiger partial charge in [0.05, 0.1) is 26.4 Å². The van der Waals surface area contributed by atoms with Gasteiger partial charge in [0.25, 0.3) is 0 Å². The van der Waals surface area contributed by atoms with Crippen molar-refractivity contribution in [2.45, 2.75) is 178 Å². The molecule has 0 saturated carbocycles. The molecule has 60 heavy (non-hydrogen) atoms. The SMILES string of the molecule is CC/C=C\C/C=C\C/C=C\C/C=C\C/C=C\C/C=C\CCCCCCCCCOCC(COC1OC(COC2OC(CO)C(O)C(O)C2O)C(O)C(O)C1O)OC(=O)CC. The summed E-state index contributed by atoms with van der Waals surface area (Å²) in [4.78, 5) is 12.1. The van der Waals surface area contributed by atoms with E-state index in [0.29, 0.717) is 6.61 Å². The first-order chi connectivity index (χ1) is 29.1.